The molecule has 0 aromatic heterocycles. The highest BCUT2D eigenvalue weighted by Crippen LogP contribution is 2.25. The van der Waals surface area contributed by atoms with E-state index in [9.17, 15) is 17.6 Å². The molecule has 1 unspecified atom stereocenters. The topological polar surface area (TPSA) is 95.7 Å². The van der Waals surface area contributed by atoms with Crippen LogP contribution in [0.3, 0.4) is 0 Å². The maximum absolute atomic E-state index is 13.7. The van der Waals surface area contributed by atoms with Gasteiger partial charge in [-0.2, -0.15) is 0 Å². The molecule has 0 aliphatic rings. The van der Waals surface area contributed by atoms with E-state index in [2.05, 4.69) is 15.9 Å². The lowest BCUT2D eigenvalue weighted by Gasteiger charge is -2.13. The Bertz CT molecular complexity index is 619. The predicted molar refractivity (Wildman–Crippen MR) is 72.2 cm³/mol. The molecular weight excluding hydrogens is 357 g/mol. The van der Waals surface area contributed by atoms with E-state index in [1.54, 1.807) is 6.92 Å². The molecule has 0 radical (unpaired) electrons. The van der Waals surface area contributed by atoms with Gasteiger partial charge in [-0.15, -0.1) is 0 Å². The molecule has 0 fully saturated rings. The minimum absolute atomic E-state index is 0.0704. The Balaban J connectivity index is 3.16. The Kier molecular flexibility index (Phi) is 5.63. The largest absolute Gasteiger partial charge is 0.457 e. The van der Waals surface area contributed by atoms with E-state index in [0.717, 1.165) is 12.1 Å². The van der Waals surface area contributed by atoms with Gasteiger partial charge in [0.25, 0.3) is 0 Å². The third kappa shape index (κ3) is 4.23. The van der Waals surface area contributed by atoms with Crippen LogP contribution in [0.1, 0.15) is 17.3 Å². The first-order valence-electron chi connectivity index (χ1n) is 5.38. The molecule has 0 heterocycles. The van der Waals surface area contributed by atoms with Gasteiger partial charge in [0.15, 0.2) is 0 Å². The molecule has 0 amide bonds. The number of hydrogen-bond donors (Lipinski definition) is 1. The van der Waals surface area contributed by atoms with Gasteiger partial charge in [-0.05, 0) is 35.0 Å². The van der Waals surface area contributed by atoms with Crippen molar-refractivity contribution in [3.8, 4) is 0 Å². The van der Waals surface area contributed by atoms with Crippen molar-refractivity contribution in [3.05, 3.63) is 28.0 Å². The van der Waals surface area contributed by atoms with Gasteiger partial charge in [-0.3, -0.25) is 0 Å². The van der Waals surface area contributed by atoms with E-state index in [1.807, 2.05) is 0 Å². The monoisotopic (exact) mass is 369 g/mol. The predicted octanol–water partition coefficient (Wildman–Crippen LogP) is 1.43. The molecule has 20 heavy (non-hydrogen) atoms. The van der Waals surface area contributed by atoms with E-state index < -0.39 is 38.4 Å². The van der Waals surface area contributed by atoms with Crippen LogP contribution in [0.2, 0.25) is 0 Å². The van der Waals surface area contributed by atoms with Crippen LogP contribution in [0.25, 0.3) is 0 Å². The molecule has 112 valence electrons. The summed E-state index contributed by atoms with van der Waals surface area (Å²) in [5, 5.41) is 4.97. The fourth-order valence-corrected chi connectivity index (χ4v) is 3.02. The van der Waals surface area contributed by atoms with Crippen LogP contribution >= 0.6 is 15.9 Å². The second-order valence-corrected chi connectivity index (χ2v) is 6.36. The molecule has 6 nitrogen and oxygen atoms in total. The molecule has 9 heteroatoms. The number of hydrogen-bond acceptors (Lipinski definition) is 5. The van der Waals surface area contributed by atoms with Crippen LogP contribution < -0.4 is 5.14 Å². The lowest BCUT2D eigenvalue weighted by molar-refractivity contribution is 0.0115. The van der Waals surface area contributed by atoms with Crippen LogP contribution in [0, 0.1) is 5.82 Å². The zero-order valence-electron chi connectivity index (χ0n) is 10.7. The van der Waals surface area contributed by atoms with Crippen LogP contribution in [0.4, 0.5) is 4.39 Å². The number of methoxy groups -OCH3 is 1. The molecule has 0 spiro atoms. The molecule has 0 bridgehead atoms. The van der Waals surface area contributed by atoms with Crippen LogP contribution in [-0.4, -0.2) is 34.2 Å². The van der Waals surface area contributed by atoms with Crippen molar-refractivity contribution in [1.29, 1.82) is 0 Å². The van der Waals surface area contributed by atoms with Gasteiger partial charge in [0.05, 0.1) is 17.1 Å². The number of rotatable bonds is 5. The maximum atomic E-state index is 13.7. The average molecular weight is 370 g/mol. The first-order chi connectivity index (χ1) is 9.16. The summed E-state index contributed by atoms with van der Waals surface area (Å²) < 4.78 is 46.0. The molecule has 2 N–H and O–H groups in total. The summed E-state index contributed by atoms with van der Waals surface area (Å²) in [5.74, 6) is -1.91. The Morgan fingerprint density at radius 1 is 1.50 bits per heavy atom. The number of benzene rings is 1. The number of primary sulfonamides is 1. The number of carbonyl (C=O) groups is 1. The van der Waals surface area contributed by atoms with Gasteiger partial charge in [-0.1, -0.05) is 0 Å². The Labute approximate surface area is 124 Å². The van der Waals surface area contributed by atoms with E-state index in [0.29, 0.717) is 0 Å². The number of ether oxygens (including phenoxy) is 2. The fraction of sp³-hybridized carbons (Fsp3) is 0.364. The highest BCUT2D eigenvalue weighted by molar-refractivity contribution is 9.10. The summed E-state index contributed by atoms with van der Waals surface area (Å²) in [7, 11) is -2.67. The van der Waals surface area contributed by atoms with Gasteiger partial charge in [-0.25, -0.2) is 22.7 Å². The van der Waals surface area contributed by atoms with Gasteiger partial charge < -0.3 is 9.47 Å². The normalized spacial score (nSPS) is 13.1. The molecule has 0 aliphatic heterocycles. The van der Waals surface area contributed by atoms with Crippen molar-refractivity contribution in [2.24, 2.45) is 5.14 Å². The molecule has 1 aromatic carbocycles. The van der Waals surface area contributed by atoms with Crippen molar-refractivity contribution >= 4 is 31.9 Å². The number of esters is 1. The smallest absolute Gasteiger partial charge is 0.341 e. The van der Waals surface area contributed by atoms with Gasteiger partial charge in [0, 0.05) is 11.6 Å². The third-order valence-corrected chi connectivity index (χ3v) is 4.13. The number of sulfonamides is 1. The molecular formula is C11H13BrFNO5S. The van der Waals surface area contributed by atoms with Gasteiger partial charge in [0.2, 0.25) is 10.0 Å². The van der Waals surface area contributed by atoms with E-state index in [-0.39, 0.29) is 11.1 Å². The van der Waals surface area contributed by atoms with E-state index >= 15 is 0 Å². The summed E-state index contributed by atoms with van der Waals surface area (Å²) in [4.78, 5) is 11.4. The lowest BCUT2D eigenvalue weighted by Crippen LogP contribution is -2.21. The Morgan fingerprint density at radius 2 is 2.10 bits per heavy atom. The second kappa shape index (κ2) is 6.61. The molecule has 1 atom stereocenters. The highest BCUT2D eigenvalue weighted by Gasteiger charge is 2.22. The SMILES string of the molecule is COCC(C)OC(=O)c1cc(S(N)(=O)=O)c(Br)cc1F. The number of carbonyl (C=O) groups excluding carboxylic acids is 1. The zero-order valence-corrected chi connectivity index (χ0v) is 13.1. The zero-order chi connectivity index (χ0) is 15.5. The summed E-state index contributed by atoms with van der Waals surface area (Å²) in [6.07, 6.45) is -0.603. The van der Waals surface area contributed by atoms with Crippen molar-refractivity contribution < 1.29 is 27.1 Å². The van der Waals surface area contributed by atoms with Crippen molar-refractivity contribution in [3.63, 3.8) is 0 Å². The molecule has 1 rings (SSSR count). The summed E-state index contributed by atoms with van der Waals surface area (Å²) >= 11 is 2.87. The Hall–Kier alpha value is -1.03. The first kappa shape index (κ1) is 17.0. The number of halogens is 2. The molecule has 0 aliphatic carbocycles. The van der Waals surface area contributed by atoms with E-state index in [1.165, 1.54) is 7.11 Å². The van der Waals surface area contributed by atoms with Gasteiger partial charge >= 0.3 is 5.97 Å². The second-order valence-electron chi connectivity index (χ2n) is 3.98. The fourth-order valence-electron chi connectivity index (χ4n) is 1.42. The lowest BCUT2D eigenvalue weighted by atomic mass is 10.2. The van der Waals surface area contributed by atoms with Crippen LogP contribution in [0.5, 0.6) is 0 Å². The summed E-state index contributed by atoms with van der Waals surface area (Å²) in [6, 6.07) is 1.67. The minimum Gasteiger partial charge on any atom is -0.457 e. The quantitative estimate of drug-likeness (QED) is 0.791. The van der Waals surface area contributed by atoms with Crippen LogP contribution in [0.15, 0.2) is 21.5 Å². The standard InChI is InChI=1S/C11H13BrFNO5S/c1-6(5-18-2)19-11(15)7-3-10(20(14,16)17)8(12)4-9(7)13/h3-4,6H,5H2,1-2H3,(H2,14,16,17). The third-order valence-electron chi connectivity index (χ3n) is 2.26. The minimum atomic E-state index is -4.09. The average Bonchev–Trinajstić information content (AvgIpc) is 2.26. The molecule has 0 saturated carbocycles. The Morgan fingerprint density at radius 3 is 2.60 bits per heavy atom. The summed E-state index contributed by atoms with van der Waals surface area (Å²) in [5.41, 5.74) is -0.514. The summed E-state index contributed by atoms with van der Waals surface area (Å²) in [6.45, 7) is 1.69. The van der Waals surface area contributed by atoms with E-state index in [4.69, 9.17) is 14.6 Å². The highest BCUT2D eigenvalue weighted by atomic mass is 79.9. The van der Waals surface area contributed by atoms with Crippen molar-refractivity contribution in [1.82, 2.24) is 0 Å². The molecule has 1 aromatic rings. The van der Waals surface area contributed by atoms with Crippen molar-refractivity contribution in [2.45, 2.75) is 17.9 Å². The van der Waals surface area contributed by atoms with Crippen LogP contribution in [-0.2, 0) is 19.5 Å². The van der Waals surface area contributed by atoms with Crippen molar-refractivity contribution in [2.75, 3.05) is 13.7 Å². The number of nitrogens with two attached hydrogens (primary N) is 1. The maximum Gasteiger partial charge on any atom is 0.341 e. The first-order valence-corrected chi connectivity index (χ1v) is 7.72. The van der Waals surface area contributed by atoms with Gasteiger partial charge in [0.1, 0.15) is 11.9 Å². The molecule has 0 saturated heterocycles.